The number of amides is 1. The molecule has 1 aliphatic rings. The van der Waals surface area contributed by atoms with Crippen LogP contribution in [0.2, 0.25) is 0 Å². The van der Waals surface area contributed by atoms with Gasteiger partial charge in [0.25, 0.3) is 0 Å². The van der Waals surface area contributed by atoms with E-state index < -0.39 is 11.6 Å². The van der Waals surface area contributed by atoms with Gasteiger partial charge in [0.05, 0.1) is 0 Å². The topological polar surface area (TPSA) is 138 Å². The number of carbonyl (C=O) groups excluding carboxylic acids is 1. The number of H-pyrrole nitrogens is 1. The van der Waals surface area contributed by atoms with Crippen LogP contribution in [0.1, 0.15) is 22.3 Å². The zero-order chi connectivity index (χ0) is 17.1. The Morgan fingerprint density at radius 1 is 1.38 bits per heavy atom. The van der Waals surface area contributed by atoms with E-state index >= 15 is 0 Å². The van der Waals surface area contributed by atoms with Crippen LogP contribution in [0.3, 0.4) is 0 Å². The fourth-order valence-corrected chi connectivity index (χ4v) is 2.51. The lowest BCUT2D eigenvalue weighted by atomic mass is 10.1. The molecule has 1 fully saturated rings. The number of primary amides is 1. The van der Waals surface area contributed by atoms with Crippen molar-refractivity contribution in [3.63, 3.8) is 0 Å². The summed E-state index contributed by atoms with van der Waals surface area (Å²) in [4.78, 5) is 33.7. The minimum Gasteiger partial charge on any atom is -0.366 e. The summed E-state index contributed by atoms with van der Waals surface area (Å²) in [5, 5.41) is 9.36. The van der Waals surface area contributed by atoms with Gasteiger partial charge in [-0.2, -0.15) is 9.97 Å². The maximum absolute atomic E-state index is 11.8. The highest BCUT2D eigenvalue weighted by atomic mass is 16.1. The molecule has 1 atom stereocenters. The molecule has 126 valence electrons. The van der Waals surface area contributed by atoms with Crippen molar-refractivity contribution in [3.8, 4) is 0 Å². The fraction of sp³-hybridized carbons (Fsp3) is 0.333. The summed E-state index contributed by atoms with van der Waals surface area (Å²) >= 11 is 0. The van der Waals surface area contributed by atoms with Gasteiger partial charge >= 0.3 is 5.69 Å². The predicted octanol–water partition coefficient (Wildman–Crippen LogP) is 0.0896. The number of hydrogen-bond acceptors (Lipinski definition) is 7. The number of rotatable bonds is 5. The lowest BCUT2D eigenvalue weighted by Crippen LogP contribution is -2.26. The summed E-state index contributed by atoms with van der Waals surface area (Å²) in [5.74, 6) is -0.0165. The Morgan fingerprint density at radius 2 is 2.21 bits per heavy atom. The number of nitrogens with one attached hydrogen (secondary N) is 4. The van der Waals surface area contributed by atoms with Crippen molar-refractivity contribution >= 4 is 23.5 Å². The predicted molar refractivity (Wildman–Crippen MR) is 90.5 cm³/mol. The maximum Gasteiger partial charge on any atom is 0.351 e. The molecule has 0 bridgehead atoms. The molecule has 0 spiro atoms. The Hall–Kier alpha value is -2.94. The molecule has 6 N–H and O–H groups in total. The first-order valence-corrected chi connectivity index (χ1v) is 7.64. The van der Waals surface area contributed by atoms with Crippen LogP contribution >= 0.6 is 0 Å². The molecule has 1 amide bonds. The average Bonchev–Trinajstić information content (AvgIpc) is 3.01. The molecule has 0 radical (unpaired) electrons. The van der Waals surface area contributed by atoms with Crippen molar-refractivity contribution in [1.29, 1.82) is 0 Å². The Kier molecular flexibility index (Phi) is 4.43. The minimum atomic E-state index is -0.523. The number of aromatic nitrogens is 3. The van der Waals surface area contributed by atoms with Crippen molar-refractivity contribution in [2.24, 2.45) is 5.73 Å². The maximum atomic E-state index is 11.8. The van der Waals surface area contributed by atoms with E-state index in [1.165, 1.54) is 0 Å². The fourth-order valence-electron chi connectivity index (χ4n) is 2.51. The molecule has 2 aromatic rings. The molecule has 9 heteroatoms. The zero-order valence-electron chi connectivity index (χ0n) is 13.2. The molecule has 9 nitrogen and oxygen atoms in total. The van der Waals surface area contributed by atoms with Gasteiger partial charge in [-0.25, -0.2) is 4.79 Å². The van der Waals surface area contributed by atoms with Crippen LogP contribution in [-0.2, 0) is 0 Å². The van der Waals surface area contributed by atoms with Crippen LogP contribution in [-0.4, -0.2) is 40.0 Å². The summed E-state index contributed by atoms with van der Waals surface area (Å²) in [5.41, 5.74) is 6.68. The molecular weight excluding hydrogens is 310 g/mol. The molecule has 24 heavy (non-hydrogen) atoms. The Morgan fingerprint density at radius 3 is 2.92 bits per heavy atom. The first-order chi connectivity index (χ1) is 11.5. The number of hydrogen-bond donors (Lipinski definition) is 5. The number of aromatic amines is 1. The zero-order valence-corrected chi connectivity index (χ0v) is 13.2. The van der Waals surface area contributed by atoms with Crippen molar-refractivity contribution in [1.82, 2.24) is 20.3 Å². The van der Waals surface area contributed by atoms with Crippen molar-refractivity contribution < 1.29 is 4.79 Å². The van der Waals surface area contributed by atoms with Gasteiger partial charge in [0, 0.05) is 23.8 Å². The van der Waals surface area contributed by atoms with E-state index in [9.17, 15) is 9.59 Å². The smallest absolute Gasteiger partial charge is 0.351 e. The highest BCUT2D eigenvalue weighted by Gasteiger charge is 2.16. The van der Waals surface area contributed by atoms with E-state index in [2.05, 4.69) is 30.9 Å². The van der Waals surface area contributed by atoms with Gasteiger partial charge in [-0.15, -0.1) is 0 Å². The van der Waals surface area contributed by atoms with Crippen molar-refractivity contribution in [2.75, 3.05) is 23.7 Å². The monoisotopic (exact) mass is 329 g/mol. The van der Waals surface area contributed by atoms with E-state index in [4.69, 9.17) is 5.73 Å². The van der Waals surface area contributed by atoms with Gasteiger partial charge in [0.2, 0.25) is 17.8 Å². The standard InChI is InChI=1S/C15H19N7O2/c1-8-2-3-9(12(16)23)6-11(8)19-14-20-13(21-15(24)22-14)18-10-4-5-17-7-10/h2-3,6,10,17H,4-5,7H2,1H3,(H2,16,23)(H3,18,19,20,21,22,24)/t10-/m1/s1. The number of nitrogens with zero attached hydrogens (tertiary/aromatic N) is 2. The molecule has 0 unspecified atom stereocenters. The van der Waals surface area contributed by atoms with Gasteiger partial charge in [0.15, 0.2) is 0 Å². The normalized spacial score (nSPS) is 16.8. The summed E-state index contributed by atoms with van der Waals surface area (Å²) < 4.78 is 0. The van der Waals surface area contributed by atoms with Crippen LogP contribution in [0.15, 0.2) is 23.0 Å². The summed E-state index contributed by atoms with van der Waals surface area (Å²) in [7, 11) is 0. The Balaban J connectivity index is 1.84. The molecular formula is C15H19N7O2. The summed E-state index contributed by atoms with van der Waals surface area (Å²) in [6, 6.07) is 5.22. The van der Waals surface area contributed by atoms with Gasteiger partial charge < -0.3 is 21.7 Å². The molecule has 2 heterocycles. The molecule has 0 aliphatic carbocycles. The minimum absolute atomic E-state index is 0.194. The largest absolute Gasteiger partial charge is 0.366 e. The van der Waals surface area contributed by atoms with E-state index in [-0.39, 0.29) is 17.9 Å². The van der Waals surface area contributed by atoms with Crippen LogP contribution in [0, 0.1) is 6.92 Å². The summed E-state index contributed by atoms with van der Waals surface area (Å²) in [6.45, 7) is 3.60. The van der Waals surface area contributed by atoms with E-state index in [1.54, 1.807) is 18.2 Å². The third kappa shape index (κ3) is 3.69. The van der Waals surface area contributed by atoms with Gasteiger partial charge in [-0.05, 0) is 37.6 Å². The van der Waals surface area contributed by atoms with Gasteiger partial charge in [-0.1, -0.05) is 6.07 Å². The SMILES string of the molecule is Cc1ccc(C(N)=O)cc1Nc1nc(N[C@@H]2CCNC2)nc(=O)[nH]1. The van der Waals surface area contributed by atoms with E-state index in [0.717, 1.165) is 25.1 Å². The Bertz CT molecular complexity index is 812. The highest BCUT2D eigenvalue weighted by molar-refractivity contribution is 5.94. The second kappa shape index (κ2) is 6.67. The Labute approximate surface area is 138 Å². The quantitative estimate of drug-likeness (QED) is 0.524. The molecule has 1 aromatic carbocycles. The third-order valence-electron chi connectivity index (χ3n) is 3.82. The average molecular weight is 329 g/mol. The highest BCUT2D eigenvalue weighted by Crippen LogP contribution is 2.20. The lowest BCUT2D eigenvalue weighted by Gasteiger charge is -2.13. The van der Waals surface area contributed by atoms with Gasteiger partial charge in [0.1, 0.15) is 0 Å². The van der Waals surface area contributed by atoms with E-state index in [0.29, 0.717) is 11.3 Å². The van der Waals surface area contributed by atoms with Crippen LogP contribution in [0.5, 0.6) is 0 Å². The summed E-state index contributed by atoms with van der Waals surface area (Å²) in [6.07, 6.45) is 0.943. The number of carbonyl (C=O) groups is 1. The molecule has 1 aromatic heterocycles. The second-order valence-corrected chi connectivity index (χ2v) is 5.68. The third-order valence-corrected chi connectivity index (χ3v) is 3.82. The van der Waals surface area contributed by atoms with E-state index in [1.807, 2.05) is 6.92 Å². The number of aryl methyl sites for hydroxylation is 1. The van der Waals surface area contributed by atoms with Crippen molar-refractivity contribution in [3.05, 3.63) is 39.8 Å². The number of anilines is 3. The molecule has 0 saturated carbocycles. The van der Waals surface area contributed by atoms with Crippen molar-refractivity contribution in [2.45, 2.75) is 19.4 Å². The molecule has 1 saturated heterocycles. The number of benzene rings is 1. The number of nitrogens with two attached hydrogens (primary N) is 1. The van der Waals surface area contributed by atoms with Gasteiger partial charge in [-0.3, -0.25) is 9.78 Å². The van der Waals surface area contributed by atoms with Crippen LogP contribution in [0.4, 0.5) is 17.6 Å². The lowest BCUT2D eigenvalue weighted by molar-refractivity contribution is 0.100. The second-order valence-electron chi connectivity index (χ2n) is 5.68. The van der Waals surface area contributed by atoms with Crippen LogP contribution in [0.25, 0.3) is 0 Å². The first-order valence-electron chi connectivity index (χ1n) is 7.64. The molecule has 1 aliphatic heterocycles. The van der Waals surface area contributed by atoms with Crippen LogP contribution < -0.4 is 27.4 Å². The molecule has 3 rings (SSSR count). The first kappa shape index (κ1) is 15.9.